The molecule has 2 heterocycles. The van der Waals surface area contributed by atoms with Crippen LogP contribution in [-0.4, -0.2) is 16.5 Å². The normalized spacial score (nSPS) is 14.8. The van der Waals surface area contributed by atoms with Crippen molar-refractivity contribution in [2.45, 2.75) is 32.6 Å². The van der Waals surface area contributed by atoms with Crippen LogP contribution in [0.4, 0.5) is 5.82 Å². The van der Waals surface area contributed by atoms with E-state index in [0.29, 0.717) is 5.92 Å². The van der Waals surface area contributed by atoms with Gasteiger partial charge in [0.05, 0.1) is 6.26 Å². The van der Waals surface area contributed by atoms with Crippen LogP contribution >= 0.6 is 0 Å². The van der Waals surface area contributed by atoms with Gasteiger partial charge in [0.15, 0.2) is 5.76 Å². The van der Waals surface area contributed by atoms with E-state index in [-0.39, 0.29) is 0 Å². The molecule has 94 valence electrons. The summed E-state index contributed by atoms with van der Waals surface area (Å²) in [6, 6.07) is 3.84. The quantitative estimate of drug-likeness (QED) is 0.894. The lowest BCUT2D eigenvalue weighted by atomic mass is 10.2. The molecule has 1 aliphatic carbocycles. The molecule has 4 heteroatoms. The van der Waals surface area contributed by atoms with Gasteiger partial charge >= 0.3 is 0 Å². The number of furan rings is 1. The van der Waals surface area contributed by atoms with E-state index in [1.54, 1.807) is 6.26 Å². The molecule has 0 unspecified atom stereocenters. The number of nitrogens with zero attached hydrogens (tertiary/aromatic N) is 2. The molecule has 0 bridgehead atoms. The van der Waals surface area contributed by atoms with Crippen LogP contribution in [0.1, 0.15) is 37.1 Å². The molecule has 18 heavy (non-hydrogen) atoms. The Bertz CT molecular complexity index is 544. The summed E-state index contributed by atoms with van der Waals surface area (Å²) in [6.45, 7) is 4.97. The van der Waals surface area contributed by atoms with Gasteiger partial charge < -0.3 is 9.73 Å². The van der Waals surface area contributed by atoms with Crippen LogP contribution in [-0.2, 0) is 0 Å². The lowest BCUT2D eigenvalue weighted by molar-refractivity contribution is 0.578. The second kappa shape index (κ2) is 4.44. The topological polar surface area (TPSA) is 51.0 Å². The predicted molar refractivity (Wildman–Crippen MR) is 70.6 cm³/mol. The molecule has 1 N–H and O–H groups in total. The Kier molecular flexibility index (Phi) is 2.78. The van der Waals surface area contributed by atoms with Crippen LogP contribution in [0.2, 0.25) is 0 Å². The second-order valence-corrected chi connectivity index (χ2v) is 4.69. The maximum absolute atomic E-state index is 5.47. The van der Waals surface area contributed by atoms with Gasteiger partial charge in [-0.25, -0.2) is 9.97 Å². The van der Waals surface area contributed by atoms with Gasteiger partial charge in [0.1, 0.15) is 17.3 Å². The van der Waals surface area contributed by atoms with Gasteiger partial charge in [-0.15, -0.1) is 0 Å². The molecule has 4 nitrogen and oxygen atoms in total. The highest BCUT2D eigenvalue weighted by Crippen LogP contribution is 2.40. The zero-order valence-electron chi connectivity index (χ0n) is 10.7. The fourth-order valence-corrected chi connectivity index (χ4v) is 2.05. The molecule has 0 spiro atoms. The van der Waals surface area contributed by atoms with Crippen molar-refractivity contribution in [3.63, 3.8) is 0 Å². The molecule has 0 amide bonds. The van der Waals surface area contributed by atoms with Crippen LogP contribution in [0.25, 0.3) is 11.5 Å². The van der Waals surface area contributed by atoms with Crippen molar-refractivity contribution >= 4 is 5.82 Å². The van der Waals surface area contributed by atoms with Crippen molar-refractivity contribution in [1.29, 1.82) is 0 Å². The zero-order valence-corrected chi connectivity index (χ0v) is 10.7. The van der Waals surface area contributed by atoms with Crippen LogP contribution in [0, 0.1) is 6.92 Å². The van der Waals surface area contributed by atoms with Crippen molar-refractivity contribution in [2.24, 2.45) is 0 Å². The number of rotatable bonds is 4. The number of nitrogens with one attached hydrogen (secondary N) is 1. The SMILES string of the molecule is CCNc1nc(C2CC2)nc(-c2ccco2)c1C. The van der Waals surface area contributed by atoms with Gasteiger partial charge in [0, 0.05) is 18.0 Å². The number of hydrogen-bond donors (Lipinski definition) is 1. The average Bonchev–Trinajstić information content (AvgIpc) is 3.08. The van der Waals surface area contributed by atoms with Crippen molar-refractivity contribution in [2.75, 3.05) is 11.9 Å². The van der Waals surface area contributed by atoms with E-state index in [4.69, 9.17) is 4.42 Å². The molecule has 2 aromatic heterocycles. The van der Waals surface area contributed by atoms with Crippen molar-refractivity contribution in [1.82, 2.24) is 9.97 Å². The molecule has 0 aliphatic heterocycles. The Balaban J connectivity index is 2.10. The molecule has 3 rings (SSSR count). The van der Waals surface area contributed by atoms with E-state index in [9.17, 15) is 0 Å². The van der Waals surface area contributed by atoms with E-state index in [1.165, 1.54) is 12.8 Å². The van der Waals surface area contributed by atoms with Gasteiger partial charge in [-0.1, -0.05) is 0 Å². The Labute approximate surface area is 106 Å². The Morgan fingerprint density at radius 2 is 2.22 bits per heavy atom. The monoisotopic (exact) mass is 243 g/mol. The summed E-state index contributed by atoms with van der Waals surface area (Å²) in [5, 5.41) is 3.31. The Morgan fingerprint density at radius 1 is 1.39 bits per heavy atom. The minimum Gasteiger partial charge on any atom is -0.463 e. The third-order valence-corrected chi connectivity index (χ3v) is 3.20. The Hall–Kier alpha value is -1.84. The molecule has 1 saturated carbocycles. The zero-order chi connectivity index (χ0) is 12.5. The van der Waals surface area contributed by atoms with Gasteiger partial charge in [-0.3, -0.25) is 0 Å². The summed E-state index contributed by atoms with van der Waals surface area (Å²) in [5.74, 6) is 3.23. The predicted octanol–water partition coefficient (Wildman–Crippen LogP) is 3.35. The maximum atomic E-state index is 5.47. The molecule has 0 aromatic carbocycles. The smallest absolute Gasteiger partial charge is 0.152 e. The molecule has 2 aromatic rings. The summed E-state index contributed by atoms with van der Waals surface area (Å²) < 4.78 is 5.47. The largest absolute Gasteiger partial charge is 0.463 e. The molecular weight excluding hydrogens is 226 g/mol. The van der Waals surface area contributed by atoms with Crippen LogP contribution < -0.4 is 5.32 Å². The first-order chi connectivity index (χ1) is 8.79. The van der Waals surface area contributed by atoms with E-state index < -0.39 is 0 Å². The lowest BCUT2D eigenvalue weighted by Crippen LogP contribution is -2.07. The minimum atomic E-state index is 0.539. The third kappa shape index (κ3) is 1.98. The van der Waals surface area contributed by atoms with E-state index in [0.717, 1.165) is 35.2 Å². The van der Waals surface area contributed by atoms with Gasteiger partial charge in [-0.2, -0.15) is 0 Å². The van der Waals surface area contributed by atoms with Crippen LogP contribution in [0.5, 0.6) is 0 Å². The van der Waals surface area contributed by atoms with E-state index in [2.05, 4.69) is 22.2 Å². The first kappa shape index (κ1) is 11.3. The summed E-state index contributed by atoms with van der Waals surface area (Å²) in [4.78, 5) is 9.31. The van der Waals surface area contributed by atoms with Gasteiger partial charge in [0.2, 0.25) is 0 Å². The first-order valence-electron chi connectivity index (χ1n) is 6.46. The minimum absolute atomic E-state index is 0.539. The van der Waals surface area contributed by atoms with Crippen molar-refractivity contribution in [3.05, 3.63) is 29.8 Å². The molecule has 1 aliphatic rings. The molecular formula is C14H17N3O. The lowest BCUT2D eigenvalue weighted by Gasteiger charge is -2.11. The third-order valence-electron chi connectivity index (χ3n) is 3.20. The standard InChI is InChI=1S/C14H17N3O/c1-3-15-13-9(2)12(11-5-4-8-18-11)16-14(17-13)10-6-7-10/h4-5,8,10H,3,6-7H2,1-2H3,(H,15,16,17). The molecule has 0 saturated heterocycles. The fourth-order valence-electron chi connectivity index (χ4n) is 2.05. The summed E-state index contributed by atoms with van der Waals surface area (Å²) >= 11 is 0. The van der Waals surface area contributed by atoms with Crippen LogP contribution in [0.3, 0.4) is 0 Å². The second-order valence-electron chi connectivity index (χ2n) is 4.69. The summed E-state index contributed by atoms with van der Waals surface area (Å²) in [6.07, 6.45) is 4.08. The average molecular weight is 243 g/mol. The molecule has 0 radical (unpaired) electrons. The maximum Gasteiger partial charge on any atom is 0.152 e. The van der Waals surface area contributed by atoms with Gasteiger partial charge in [0.25, 0.3) is 0 Å². The van der Waals surface area contributed by atoms with Crippen molar-refractivity contribution in [3.8, 4) is 11.5 Å². The van der Waals surface area contributed by atoms with E-state index >= 15 is 0 Å². The summed E-state index contributed by atoms with van der Waals surface area (Å²) in [5.41, 5.74) is 1.96. The van der Waals surface area contributed by atoms with Crippen molar-refractivity contribution < 1.29 is 4.42 Å². The van der Waals surface area contributed by atoms with Gasteiger partial charge in [-0.05, 0) is 38.8 Å². The van der Waals surface area contributed by atoms with Crippen LogP contribution in [0.15, 0.2) is 22.8 Å². The highest BCUT2D eigenvalue weighted by atomic mass is 16.3. The fraction of sp³-hybridized carbons (Fsp3) is 0.429. The Morgan fingerprint density at radius 3 is 2.83 bits per heavy atom. The molecule has 0 atom stereocenters. The summed E-state index contributed by atoms with van der Waals surface area (Å²) in [7, 11) is 0. The number of hydrogen-bond acceptors (Lipinski definition) is 4. The highest BCUT2D eigenvalue weighted by Gasteiger charge is 2.28. The number of aromatic nitrogens is 2. The molecule has 1 fully saturated rings. The first-order valence-corrected chi connectivity index (χ1v) is 6.46. The van der Waals surface area contributed by atoms with E-state index in [1.807, 2.05) is 19.1 Å². The number of anilines is 1. The highest BCUT2D eigenvalue weighted by molar-refractivity contribution is 5.64.